The first kappa shape index (κ1) is 14.4. The van der Waals surface area contributed by atoms with Crippen molar-refractivity contribution in [1.29, 1.82) is 10.5 Å². The first-order chi connectivity index (χ1) is 11.2. The predicted octanol–water partition coefficient (Wildman–Crippen LogP) is 4.47. The van der Waals surface area contributed by atoms with E-state index in [-0.39, 0.29) is 5.75 Å². The van der Waals surface area contributed by atoms with Gasteiger partial charge < -0.3 is 5.11 Å². The molecule has 0 amide bonds. The second-order valence-corrected chi connectivity index (χ2v) is 5.08. The highest BCUT2D eigenvalue weighted by Crippen LogP contribution is 2.37. The number of aromatic hydroxyl groups is 1. The van der Waals surface area contributed by atoms with Gasteiger partial charge in [0, 0.05) is 11.1 Å². The maximum atomic E-state index is 10.6. The van der Waals surface area contributed by atoms with Gasteiger partial charge >= 0.3 is 0 Å². The minimum Gasteiger partial charge on any atom is -0.507 e. The minimum atomic E-state index is 0.182. The number of rotatable bonds is 2. The van der Waals surface area contributed by atoms with Crippen LogP contribution in [0.5, 0.6) is 5.75 Å². The summed E-state index contributed by atoms with van der Waals surface area (Å²) < 4.78 is 0. The normalized spacial score (nSPS) is 9.83. The fraction of sp³-hybridized carbons (Fsp3) is 0. The van der Waals surface area contributed by atoms with Gasteiger partial charge in [-0.3, -0.25) is 0 Å². The maximum Gasteiger partial charge on any atom is 0.131 e. The lowest BCUT2D eigenvalue weighted by Crippen LogP contribution is -1.85. The fourth-order valence-electron chi connectivity index (χ4n) is 2.46. The molecule has 0 heterocycles. The van der Waals surface area contributed by atoms with Crippen LogP contribution in [0.4, 0.5) is 0 Å². The molecule has 108 valence electrons. The Morgan fingerprint density at radius 3 is 1.35 bits per heavy atom. The second kappa shape index (κ2) is 6.05. The second-order valence-electron chi connectivity index (χ2n) is 5.08. The number of benzene rings is 3. The molecule has 0 saturated heterocycles. The number of para-hydroxylation sites is 1. The van der Waals surface area contributed by atoms with Gasteiger partial charge in [-0.15, -0.1) is 0 Å². The Kier molecular flexibility index (Phi) is 3.78. The number of hydrogen-bond acceptors (Lipinski definition) is 3. The molecule has 0 unspecified atom stereocenters. The van der Waals surface area contributed by atoms with E-state index in [9.17, 15) is 5.11 Å². The molecule has 0 spiro atoms. The standard InChI is InChI=1S/C20H12N2O/c21-12-14-4-8-16(9-5-14)18-2-1-3-19(20(18)23)17-10-6-15(13-22)7-11-17/h1-11,23H. The summed E-state index contributed by atoms with van der Waals surface area (Å²) in [4.78, 5) is 0. The van der Waals surface area contributed by atoms with Crippen LogP contribution in [0, 0.1) is 22.7 Å². The summed E-state index contributed by atoms with van der Waals surface area (Å²) in [5, 5.41) is 28.4. The van der Waals surface area contributed by atoms with Gasteiger partial charge in [-0.1, -0.05) is 42.5 Å². The molecule has 3 aromatic rings. The summed E-state index contributed by atoms with van der Waals surface area (Å²) in [6.07, 6.45) is 0. The summed E-state index contributed by atoms with van der Waals surface area (Å²) in [5.74, 6) is 0.182. The Bertz CT molecular complexity index is 852. The summed E-state index contributed by atoms with van der Waals surface area (Å²) in [7, 11) is 0. The Balaban J connectivity index is 2.07. The third-order valence-corrected chi connectivity index (χ3v) is 3.69. The molecule has 0 atom stereocenters. The van der Waals surface area contributed by atoms with E-state index in [0.717, 1.165) is 11.1 Å². The lowest BCUT2D eigenvalue weighted by atomic mass is 9.96. The number of hydrogen-bond donors (Lipinski definition) is 1. The van der Waals surface area contributed by atoms with Gasteiger partial charge in [-0.05, 0) is 35.4 Å². The third kappa shape index (κ3) is 2.77. The first-order valence-electron chi connectivity index (χ1n) is 7.06. The highest BCUT2D eigenvalue weighted by Gasteiger charge is 2.10. The SMILES string of the molecule is N#Cc1ccc(-c2cccc(-c3ccc(C#N)cc3)c2O)cc1. The van der Waals surface area contributed by atoms with E-state index >= 15 is 0 Å². The molecule has 3 heteroatoms. The highest BCUT2D eigenvalue weighted by molar-refractivity contribution is 5.82. The van der Waals surface area contributed by atoms with Crippen molar-refractivity contribution < 1.29 is 5.11 Å². The summed E-state index contributed by atoms with van der Waals surface area (Å²) >= 11 is 0. The van der Waals surface area contributed by atoms with Crippen LogP contribution in [-0.4, -0.2) is 5.11 Å². The van der Waals surface area contributed by atoms with E-state index < -0.39 is 0 Å². The van der Waals surface area contributed by atoms with E-state index in [1.807, 2.05) is 42.5 Å². The van der Waals surface area contributed by atoms with Gasteiger partial charge in [-0.2, -0.15) is 10.5 Å². The smallest absolute Gasteiger partial charge is 0.131 e. The van der Waals surface area contributed by atoms with E-state index in [1.54, 1.807) is 24.3 Å². The van der Waals surface area contributed by atoms with Crippen molar-refractivity contribution in [2.45, 2.75) is 0 Å². The molecular weight excluding hydrogens is 284 g/mol. The molecule has 0 aromatic heterocycles. The molecule has 0 aliphatic heterocycles. The molecule has 3 aromatic carbocycles. The molecule has 0 fully saturated rings. The van der Waals surface area contributed by atoms with Crippen LogP contribution in [0.25, 0.3) is 22.3 Å². The van der Waals surface area contributed by atoms with Crippen LogP contribution in [0.15, 0.2) is 66.7 Å². The topological polar surface area (TPSA) is 67.8 Å². The van der Waals surface area contributed by atoms with Gasteiger partial charge in [0.1, 0.15) is 5.75 Å². The Morgan fingerprint density at radius 2 is 1.00 bits per heavy atom. The fourth-order valence-corrected chi connectivity index (χ4v) is 2.46. The summed E-state index contributed by atoms with van der Waals surface area (Å²) in [5.41, 5.74) is 4.26. The predicted molar refractivity (Wildman–Crippen MR) is 88.4 cm³/mol. The van der Waals surface area contributed by atoms with Crippen molar-refractivity contribution in [2.24, 2.45) is 0 Å². The van der Waals surface area contributed by atoms with Crippen molar-refractivity contribution >= 4 is 0 Å². The molecule has 0 saturated carbocycles. The van der Waals surface area contributed by atoms with Crippen molar-refractivity contribution in [3.8, 4) is 40.1 Å². The van der Waals surface area contributed by atoms with Crippen LogP contribution in [0.2, 0.25) is 0 Å². The van der Waals surface area contributed by atoms with Gasteiger partial charge in [0.05, 0.1) is 23.3 Å². The van der Waals surface area contributed by atoms with E-state index in [0.29, 0.717) is 22.3 Å². The molecular formula is C20H12N2O. The number of phenolic OH excluding ortho intramolecular Hbond substituents is 1. The average Bonchev–Trinajstić information content (AvgIpc) is 2.62. The zero-order valence-corrected chi connectivity index (χ0v) is 12.2. The molecule has 0 bridgehead atoms. The van der Waals surface area contributed by atoms with Crippen LogP contribution < -0.4 is 0 Å². The number of nitrogens with zero attached hydrogens (tertiary/aromatic N) is 2. The third-order valence-electron chi connectivity index (χ3n) is 3.69. The van der Waals surface area contributed by atoms with E-state index in [4.69, 9.17) is 10.5 Å². The number of phenols is 1. The first-order valence-corrected chi connectivity index (χ1v) is 7.06. The van der Waals surface area contributed by atoms with Crippen LogP contribution >= 0.6 is 0 Å². The molecule has 3 nitrogen and oxygen atoms in total. The molecule has 1 N–H and O–H groups in total. The molecule has 0 aliphatic rings. The Morgan fingerprint density at radius 1 is 0.609 bits per heavy atom. The van der Waals surface area contributed by atoms with Crippen molar-refractivity contribution in [3.63, 3.8) is 0 Å². The van der Waals surface area contributed by atoms with Crippen molar-refractivity contribution in [1.82, 2.24) is 0 Å². The van der Waals surface area contributed by atoms with E-state index in [2.05, 4.69) is 12.1 Å². The lowest BCUT2D eigenvalue weighted by molar-refractivity contribution is 0.479. The van der Waals surface area contributed by atoms with Crippen molar-refractivity contribution in [2.75, 3.05) is 0 Å². The highest BCUT2D eigenvalue weighted by atomic mass is 16.3. The maximum absolute atomic E-state index is 10.6. The van der Waals surface area contributed by atoms with Crippen molar-refractivity contribution in [3.05, 3.63) is 77.9 Å². The van der Waals surface area contributed by atoms with Crippen LogP contribution in [0.1, 0.15) is 11.1 Å². The molecule has 0 radical (unpaired) electrons. The quantitative estimate of drug-likeness (QED) is 0.758. The average molecular weight is 296 g/mol. The summed E-state index contributed by atoms with van der Waals surface area (Å²) in [6.45, 7) is 0. The largest absolute Gasteiger partial charge is 0.507 e. The zero-order valence-electron chi connectivity index (χ0n) is 12.2. The Labute approximate surface area is 134 Å². The monoisotopic (exact) mass is 296 g/mol. The Hall–Kier alpha value is -3.56. The van der Waals surface area contributed by atoms with Gasteiger partial charge in [0.25, 0.3) is 0 Å². The summed E-state index contributed by atoms with van der Waals surface area (Å²) in [6, 6.07) is 23.9. The van der Waals surface area contributed by atoms with Crippen LogP contribution in [-0.2, 0) is 0 Å². The lowest BCUT2D eigenvalue weighted by Gasteiger charge is -2.10. The number of nitriles is 2. The molecule has 3 rings (SSSR count). The zero-order chi connectivity index (χ0) is 16.2. The minimum absolute atomic E-state index is 0.182. The van der Waals surface area contributed by atoms with Gasteiger partial charge in [-0.25, -0.2) is 0 Å². The molecule has 0 aliphatic carbocycles. The molecule has 23 heavy (non-hydrogen) atoms. The van der Waals surface area contributed by atoms with E-state index in [1.165, 1.54) is 0 Å². The van der Waals surface area contributed by atoms with Gasteiger partial charge in [0.15, 0.2) is 0 Å². The van der Waals surface area contributed by atoms with Gasteiger partial charge in [0.2, 0.25) is 0 Å². The van der Waals surface area contributed by atoms with Crippen LogP contribution in [0.3, 0.4) is 0 Å².